The number of cyclic esters (lactones) is 1. The van der Waals surface area contributed by atoms with E-state index in [2.05, 4.69) is 0 Å². The molecule has 1 aliphatic rings. The molecule has 1 fully saturated rings. The summed E-state index contributed by atoms with van der Waals surface area (Å²) in [5.41, 5.74) is 1.01. The number of carbonyl (C=O) groups is 1. The number of amides is 1. The number of phenols is 1. The van der Waals surface area contributed by atoms with Crippen LogP contribution in [0.2, 0.25) is 10.0 Å². The Morgan fingerprint density at radius 2 is 1.72 bits per heavy atom. The molecule has 32 heavy (non-hydrogen) atoms. The van der Waals surface area contributed by atoms with E-state index in [4.69, 9.17) is 32.7 Å². The lowest BCUT2D eigenvalue weighted by Crippen LogP contribution is -2.38. The first kappa shape index (κ1) is 22.2. The Kier molecular flexibility index (Phi) is 6.41. The molecule has 3 aromatic rings. The molecule has 3 aromatic carbocycles. The highest BCUT2D eigenvalue weighted by Gasteiger charge is 2.47. The summed E-state index contributed by atoms with van der Waals surface area (Å²) in [6.07, 6.45) is -2.91. The number of carbonyl (C=O) groups excluding carboxylic acids is 1. The summed E-state index contributed by atoms with van der Waals surface area (Å²) in [6.45, 7) is -0.193. The molecule has 3 unspecified atom stereocenters. The van der Waals surface area contributed by atoms with Gasteiger partial charge in [-0.15, -0.1) is 0 Å². The van der Waals surface area contributed by atoms with Gasteiger partial charge in [0.1, 0.15) is 36.1 Å². The van der Waals surface area contributed by atoms with Gasteiger partial charge in [0.2, 0.25) is 0 Å². The first-order valence-electron chi connectivity index (χ1n) is 9.64. The first-order valence-corrected chi connectivity index (χ1v) is 10.4. The molecule has 1 amide bonds. The molecule has 0 radical (unpaired) electrons. The minimum absolute atomic E-state index is 0.0485. The highest BCUT2D eigenvalue weighted by atomic mass is 35.5. The fourth-order valence-corrected chi connectivity index (χ4v) is 3.80. The number of aliphatic hydroxyl groups is 1. The van der Waals surface area contributed by atoms with Gasteiger partial charge < -0.3 is 19.7 Å². The number of aliphatic hydroxyl groups excluding tert-OH is 1. The summed E-state index contributed by atoms with van der Waals surface area (Å²) in [5, 5.41) is 21.2. The van der Waals surface area contributed by atoms with Crippen molar-refractivity contribution < 1.29 is 28.9 Å². The molecule has 4 rings (SSSR count). The van der Waals surface area contributed by atoms with Gasteiger partial charge in [-0.3, -0.25) is 4.90 Å². The lowest BCUT2D eigenvalue weighted by Gasteiger charge is -2.27. The minimum atomic E-state index is -1.21. The van der Waals surface area contributed by atoms with Crippen molar-refractivity contribution in [1.82, 2.24) is 0 Å². The number of benzene rings is 3. The summed E-state index contributed by atoms with van der Waals surface area (Å²) < 4.78 is 24.5. The third kappa shape index (κ3) is 4.60. The number of halogens is 3. The number of aromatic hydroxyl groups is 1. The normalized spacial score (nSPS) is 19.0. The Labute approximate surface area is 193 Å². The van der Waals surface area contributed by atoms with Crippen molar-refractivity contribution in [2.45, 2.75) is 18.2 Å². The average molecular weight is 478 g/mol. The van der Waals surface area contributed by atoms with Gasteiger partial charge >= 0.3 is 6.09 Å². The third-order valence-corrected chi connectivity index (χ3v) is 5.79. The molecule has 6 nitrogen and oxygen atoms in total. The summed E-state index contributed by atoms with van der Waals surface area (Å²) in [6, 6.07) is 15.5. The SMILES string of the molecule is O=C1OC(C(O)COc2ccc(Cl)c(Cl)c2)C(c2ccc(O)cc2)N1c1ccc(F)cc1. The van der Waals surface area contributed by atoms with E-state index >= 15 is 0 Å². The second kappa shape index (κ2) is 9.24. The maximum absolute atomic E-state index is 13.4. The Balaban J connectivity index is 1.61. The average Bonchev–Trinajstić information content (AvgIpc) is 3.12. The summed E-state index contributed by atoms with van der Waals surface area (Å²) in [7, 11) is 0. The maximum atomic E-state index is 13.4. The molecule has 9 heteroatoms. The van der Waals surface area contributed by atoms with Crippen LogP contribution >= 0.6 is 23.2 Å². The predicted octanol–water partition coefficient (Wildman–Crippen LogP) is 5.34. The minimum Gasteiger partial charge on any atom is -0.508 e. The molecule has 0 spiro atoms. The lowest BCUT2D eigenvalue weighted by atomic mass is 9.96. The molecule has 2 N–H and O–H groups in total. The molecule has 1 saturated heterocycles. The van der Waals surface area contributed by atoms with E-state index in [1.54, 1.807) is 24.3 Å². The largest absolute Gasteiger partial charge is 0.508 e. The fourth-order valence-electron chi connectivity index (χ4n) is 3.51. The van der Waals surface area contributed by atoms with Crippen molar-refractivity contribution in [2.75, 3.05) is 11.5 Å². The zero-order valence-corrected chi connectivity index (χ0v) is 18.0. The molecule has 0 saturated carbocycles. The Bertz CT molecular complexity index is 1110. The van der Waals surface area contributed by atoms with E-state index in [1.807, 2.05) is 0 Å². The van der Waals surface area contributed by atoms with Crippen LogP contribution in [-0.4, -0.2) is 35.1 Å². The highest BCUT2D eigenvalue weighted by molar-refractivity contribution is 6.42. The van der Waals surface area contributed by atoms with Crippen LogP contribution < -0.4 is 9.64 Å². The molecule has 0 bridgehead atoms. The van der Waals surface area contributed by atoms with Gasteiger partial charge in [-0.2, -0.15) is 0 Å². The number of hydrogen-bond donors (Lipinski definition) is 2. The van der Waals surface area contributed by atoms with Gasteiger partial charge in [0.25, 0.3) is 0 Å². The Hall–Kier alpha value is -3.00. The van der Waals surface area contributed by atoms with Gasteiger partial charge in [-0.1, -0.05) is 35.3 Å². The number of nitrogens with zero attached hydrogens (tertiary/aromatic N) is 1. The second-order valence-corrected chi connectivity index (χ2v) is 8.00. The zero-order valence-electron chi connectivity index (χ0n) is 16.5. The van der Waals surface area contributed by atoms with Crippen LogP contribution in [0.4, 0.5) is 14.9 Å². The summed E-state index contributed by atoms with van der Waals surface area (Å²) >= 11 is 11.9. The first-order chi connectivity index (χ1) is 15.3. The zero-order chi connectivity index (χ0) is 22.8. The topological polar surface area (TPSA) is 79.2 Å². The van der Waals surface area contributed by atoms with Crippen molar-refractivity contribution in [3.05, 3.63) is 88.2 Å². The Morgan fingerprint density at radius 3 is 2.38 bits per heavy atom. The van der Waals surface area contributed by atoms with Crippen LogP contribution in [0.25, 0.3) is 0 Å². The standard InChI is InChI=1S/C23H18Cl2FNO5/c24-18-10-9-17(11-19(18)25)31-12-20(29)22-21(13-1-7-16(28)8-2-13)27(23(30)32-22)15-5-3-14(26)4-6-15/h1-11,20-22,28-29H,12H2. The van der Waals surface area contributed by atoms with Crippen LogP contribution in [0.5, 0.6) is 11.5 Å². The van der Waals surface area contributed by atoms with Gasteiger partial charge in [0, 0.05) is 11.8 Å². The fraction of sp³-hybridized carbons (Fsp3) is 0.174. The number of ether oxygens (including phenoxy) is 2. The van der Waals surface area contributed by atoms with Crippen LogP contribution in [0.1, 0.15) is 11.6 Å². The van der Waals surface area contributed by atoms with E-state index < -0.39 is 30.2 Å². The Morgan fingerprint density at radius 1 is 1.03 bits per heavy atom. The number of anilines is 1. The third-order valence-electron chi connectivity index (χ3n) is 5.05. The van der Waals surface area contributed by atoms with Gasteiger partial charge in [-0.25, -0.2) is 9.18 Å². The molecule has 166 valence electrons. The quantitative estimate of drug-likeness (QED) is 0.500. The highest BCUT2D eigenvalue weighted by Crippen LogP contribution is 2.39. The molecular weight excluding hydrogens is 460 g/mol. The van der Waals surface area contributed by atoms with Crippen LogP contribution in [0, 0.1) is 5.82 Å². The number of rotatable bonds is 6. The van der Waals surface area contributed by atoms with Gasteiger partial charge in [0.15, 0.2) is 6.10 Å². The predicted molar refractivity (Wildman–Crippen MR) is 118 cm³/mol. The summed E-state index contributed by atoms with van der Waals surface area (Å²) in [4.78, 5) is 14.1. The lowest BCUT2D eigenvalue weighted by molar-refractivity contribution is -0.00646. The summed E-state index contributed by atoms with van der Waals surface area (Å²) in [5.74, 6) is -0.0131. The van der Waals surface area contributed by atoms with E-state index in [9.17, 15) is 19.4 Å². The molecule has 1 heterocycles. The van der Waals surface area contributed by atoms with E-state index in [0.29, 0.717) is 27.0 Å². The van der Waals surface area contributed by atoms with Crippen molar-refractivity contribution in [3.63, 3.8) is 0 Å². The number of hydrogen-bond acceptors (Lipinski definition) is 5. The van der Waals surface area contributed by atoms with E-state index in [-0.39, 0.29) is 12.4 Å². The van der Waals surface area contributed by atoms with Crippen LogP contribution in [0.3, 0.4) is 0 Å². The second-order valence-electron chi connectivity index (χ2n) is 7.19. The maximum Gasteiger partial charge on any atom is 0.415 e. The molecule has 3 atom stereocenters. The number of phenolic OH excluding ortho intramolecular Hbond substituents is 1. The van der Waals surface area contributed by atoms with Crippen molar-refractivity contribution in [3.8, 4) is 11.5 Å². The van der Waals surface area contributed by atoms with Crippen molar-refractivity contribution in [1.29, 1.82) is 0 Å². The molecular formula is C23H18Cl2FNO5. The molecule has 0 aliphatic carbocycles. The molecule has 1 aliphatic heterocycles. The van der Waals surface area contributed by atoms with Crippen LogP contribution in [0.15, 0.2) is 66.7 Å². The van der Waals surface area contributed by atoms with E-state index in [1.165, 1.54) is 47.4 Å². The van der Waals surface area contributed by atoms with Gasteiger partial charge in [-0.05, 0) is 54.1 Å². The monoisotopic (exact) mass is 477 g/mol. The molecule has 0 aromatic heterocycles. The van der Waals surface area contributed by atoms with Crippen molar-refractivity contribution >= 4 is 35.0 Å². The van der Waals surface area contributed by atoms with Gasteiger partial charge in [0.05, 0.1) is 10.0 Å². The van der Waals surface area contributed by atoms with E-state index in [0.717, 1.165) is 0 Å². The van der Waals surface area contributed by atoms with Crippen LogP contribution in [-0.2, 0) is 4.74 Å². The smallest absolute Gasteiger partial charge is 0.415 e. The van der Waals surface area contributed by atoms with Crippen molar-refractivity contribution in [2.24, 2.45) is 0 Å².